The van der Waals surface area contributed by atoms with Gasteiger partial charge in [0.15, 0.2) is 4.34 Å². The number of carbonyl (C=O) groups excluding carboxylic acids is 1. The highest BCUT2D eigenvalue weighted by atomic mass is 32.2. The number of hydrogen-bond acceptors (Lipinski definition) is 6. The maximum Gasteiger partial charge on any atom is 0.242 e. The smallest absolute Gasteiger partial charge is 0.242 e. The molecule has 0 aliphatic heterocycles. The maximum absolute atomic E-state index is 13.1. The van der Waals surface area contributed by atoms with Crippen molar-refractivity contribution in [2.75, 3.05) is 10.6 Å². The molecule has 1 fully saturated rings. The highest BCUT2D eigenvalue weighted by molar-refractivity contribution is 8.02. The number of amides is 1. The zero-order chi connectivity index (χ0) is 19.5. The molecule has 0 saturated heterocycles. The van der Waals surface area contributed by atoms with E-state index in [0.717, 1.165) is 31.8 Å². The number of nitrogens with zero attached hydrogens (tertiary/aromatic N) is 2. The van der Waals surface area contributed by atoms with E-state index in [0.29, 0.717) is 6.04 Å². The van der Waals surface area contributed by atoms with Gasteiger partial charge in [0.05, 0.1) is 0 Å². The normalized spacial score (nSPS) is 14.5. The Morgan fingerprint density at radius 2 is 1.82 bits per heavy atom. The number of carbonyl (C=O) groups is 1. The molecule has 1 unspecified atom stereocenters. The first-order valence-electron chi connectivity index (χ1n) is 9.27. The van der Waals surface area contributed by atoms with E-state index in [2.05, 4.69) is 26.9 Å². The molecule has 1 saturated carbocycles. The summed E-state index contributed by atoms with van der Waals surface area (Å²) < 4.78 is 0.785. The van der Waals surface area contributed by atoms with Gasteiger partial charge < -0.3 is 10.6 Å². The Hall–Kier alpha value is -2.38. The molecule has 1 atom stereocenters. The largest absolute Gasteiger partial charge is 0.357 e. The lowest BCUT2D eigenvalue weighted by Crippen LogP contribution is -2.19. The van der Waals surface area contributed by atoms with Gasteiger partial charge in [-0.05, 0) is 55.5 Å². The number of rotatable bonds is 7. The molecule has 1 aromatic heterocycles. The minimum Gasteiger partial charge on any atom is -0.357 e. The van der Waals surface area contributed by atoms with Crippen LogP contribution in [0.15, 0.2) is 52.9 Å². The van der Waals surface area contributed by atoms with Crippen molar-refractivity contribution >= 4 is 39.8 Å². The fraction of sp³-hybridized carbons (Fsp3) is 0.286. The van der Waals surface area contributed by atoms with E-state index >= 15 is 0 Å². The molecule has 28 heavy (non-hydrogen) atoms. The summed E-state index contributed by atoms with van der Waals surface area (Å²) in [4.78, 5) is 13.1. The van der Waals surface area contributed by atoms with Gasteiger partial charge in [-0.3, -0.25) is 4.79 Å². The van der Waals surface area contributed by atoms with E-state index in [9.17, 15) is 4.79 Å². The molecule has 1 heterocycles. The van der Waals surface area contributed by atoms with Gasteiger partial charge in [-0.1, -0.05) is 59.5 Å². The lowest BCUT2D eigenvalue weighted by Gasteiger charge is -2.16. The summed E-state index contributed by atoms with van der Waals surface area (Å²) in [5, 5.41) is 15.3. The molecule has 2 aromatic carbocycles. The van der Waals surface area contributed by atoms with Gasteiger partial charge in [0.2, 0.25) is 11.0 Å². The molecule has 3 aromatic rings. The SMILES string of the molecule is Cc1cc(C)cc(NC(=O)C(Sc2nnc(NC3CC3)s2)c2ccccc2)c1. The van der Waals surface area contributed by atoms with Crippen LogP contribution in [0.3, 0.4) is 0 Å². The number of benzene rings is 2. The summed E-state index contributed by atoms with van der Waals surface area (Å²) >= 11 is 2.94. The minimum absolute atomic E-state index is 0.0619. The first kappa shape index (κ1) is 19.0. The second kappa shape index (κ2) is 8.32. The van der Waals surface area contributed by atoms with Crippen LogP contribution in [0.5, 0.6) is 0 Å². The molecule has 0 bridgehead atoms. The predicted octanol–water partition coefficient (Wildman–Crippen LogP) is 5.20. The van der Waals surface area contributed by atoms with Gasteiger partial charge in [0, 0.05) is 11.7 Å². The third kappa shape index (κ3) is 4.91. The van der Waals surface area contributed by atoms with Crippen molar-refractivity contribution < 1.29 is 4.79 Å². The third-order valence-electron chi connectivity index (χ3n) is 4.36. The average Bonchev–Trinajstić information content (AvgIpc) is 3.36. The summed E-state index contributed by atoms with van der Waals surface area (Å²) in [7, 11) is 0. The number of aromatic nitrogens is 2. The van der Waals surface area contributed by atoms with Crippen molar-refractivity contribution in [2.45, 2.75) is 42.3 Å². The van der Waals surface area contributed by atoms with Gasteiger partial charge >= 0.3 is 0 Å². The molecule has 2 N–H and O–H groups in total. The number of nitrogens with one attached hydrogen (secondary N) is 2. The topological polar surface area (TPSA) is 66.9 Å². The monoisotopic (exact) mass is 410 g/mol. The maximum atomic E-state index is 13.1. The number of thioether (sulfide) groups is 1. The average molecular weight is 411 g/mol. The van der Waals surface area contributed by atoms with Crippen molar-refractivity contribution in [3.05, 3.63) is 65.2 Å². The minimum atomic E-state index is -0.399. The molecule has 0 spiro atoms. The van der Waals surface area contributed by atoms with Crippen LogP contribution >= 0.6 is 23.1 Å². The van der Waals surface area contributed by atoms with Crippen LogP contribution in [0.25, 0.3) is 0 Å². The Bertz CT molecular complexity index is 949. The molecule has 0 radical (unpaired) electrons. The van der Waals surface area contributed by atoms with Crippen LogP contribution in [0.2, 0.25) is 0 Å². The standard InChI is InChI=1S/C21H22N4OS2/c1-13-10-14(2)12-17(11-13)22-19(26)18(15-6-4-3-5-7-15)27-21-25-24-20(28-21)23-16-8-9-16/h3-7,10-12,16,18H,8-9H2,1-2H3,(H,22,26)(H,23,24). The van der Waals surface area contributed by atoms with Crippen molar-refractivity contribution in [3.8, 4) is 0 Å². The number of aryl methyl sites for hydroxylation is 2. The summed E-state index contributed by atoms with van der Waals surface area (Å²) in [6.07, 6.45) is 2.38. The Labute approximate surface area is 173 Å². The van der Waals surface area contributed by atoms with Gasteiger partial charge in [-0.25, -0.2) is 0 Å². The summed E-state index contributed by atoms with van der Waals surface area (Å²) in [5.74, 6) is -0.0619. The second-order valence-electron chi connectivity index (χ2n) is 7.07. The van der Waals surface area contributed by atoms with Crippen LogP contribution in [0.1, 0.15) is 34.8 Å². The summed E-state index contributed by atoms with van der Waals surface area (Å²) in [5.41, 5.74) is 4.01. The molecule has 5 nitrogen and oxygen atoms in total. The number of anilines is 2. The summed E-state index contributed by atoms with van der Waals surface area (Å²) in [6, 6.07) is 16.4. The van der Waals surface area contributed by atoms with Gasteiger partial charge in [0.1, 0.15) is 5.25 Å². The highest BCUT2D eigenvalue weighted by Crippen LogP contribution is 2.39. The van der Waals surface area contributed by atoms with E-state index < -0.39 is 5.25 Å². The second-order valence-corrected chi connectivity index (χ2v) is 9.40. The molecule has 1 aliphatic rings. The molecule has 4 rings (SSSR count). The Morgan fingerprint density at radius 3 is 2.50 bits per heavy atom. The molecule has 1 amide bonds. The first-order valence-corrected chi connectivity index (χ1v) is 11.0. The lowest BCUT2D eigenvalue weighted by molar-refractivity contribution is -0.115. The third-order valence-corrected chi connectivity index (χ3v) is 6.55. The quantitative estimate of drug-likeness (QED) is 0.524. The van der Waals surface area contributed by atoms with Crippen LogP contribution in [-0.2, 0) is 4.79 Å². The van der Waals surface area contributed by atoms with Crippen molar-refractivity contribution in [3.63, 3.8) is 0 Å². The van der Waals surface area contributed by atoms with E-state index in [1.54, 1.807) is 0 Å². The van der Waals surface area contributed by atoms with E-state index in [1.807, 2.05) is 56.3 Å². The molecular formula is C21H22N4OS2. The van der Waals surface area contributed by atoms with Gasteiger partial charge in [-0.15, -0.1) is 10.2 Å². The Morgan fingerprint density at radius 1 is 1.11 bits per heavy atom. The molecule has 1 aliphatic carbocycles. The van der Waals surface area contributed by atoms with Crippen molar-refractivity contribution in [1.82, 2.24) is 10.2 Å². The lowest BCUT2D eigenvalue weighted by atomic mass is 10.1. The zero-order valence-electron chi connectivity index (χ0n) is 15.8. The number of hydrogen-bond donors (Lipinski definition) is 2. The van der Waals surface area contributed by atoms with Crippen molar-refractivity contribution in [1.29, 1.82) is 0 Å². The molecule has 144 valence electrons. The van der Waals surface area contributed by atoms with E-state index in [1.165, 1.54) is 35.9 Å². The zero-order valence-corrected chi connectivity index (χ0v) is 17.4. The predicted molar refractivity (Wildman–Crippen MR) is 116 cm³/mol. The fourth-order valence-electron chi connectivity index (χ4n) is 2.97. The molecule has 7 heteroatoms. The van der Waals surface area contributed by atoms with E-state index in [4.69, 9.17) is 0 Å². The highest BCUT2D eigenvalue weighted by Gasteiger charge is 2.26. The van der Waals surface area contributed by atoms with Gasteiger partial charge in [0.25, 0.3) is 0 Å². The van der Waals surface area contributed by atoms with Crippen LogP contribution in [-0.4, -0.2) is 22.1 Å². The Kier molecular flexibility index (Phi) is 5.64. The fourth-order valence-corrected chi connectivity index (χ4v) is 5.00. The summed E-state index contributed by atoms with van der Waals surface area (Å²) in [6.45, 7) is 4.06. The van der Waals surface area contributed by atoms with Crippen LogP contribution < -0.4 is 10.6 Å². The van der Waals surface area contributed by atoms with Gasteiger partial charge in [-0.2, -0.15) is 0 Å². The molecular weight excluding hydrogens is 388 g/mol. The van der Waals surface area contributed by atoms with Crippen LogP contribution in [0, 0.1) is 13.8 Å². The first-order chi connectivity index (χ1) is 13.6. The van der Waals surface area contributed by atoms with Crippen LogP contribution in [0.4, 0.5) is 10.8 Å². The van der Waals surface area contributed by atoms with Crippen molar-refractivity contribution in [2.24, 2.45) is 0 Å². The van der Waals surface area contributed by atoms with E-state index in [-0.39, 0.29) is 5.91 Å². The Balaban J connectivity index is 1.54.